The van der Waals surface area contributed by atoms with Crippen LogP contribution in [0.25, 0.3) is 82.9 Å². The summed E-state index contributed by atoms with van der Waals surface area (Å²) in [7, 11) is 0. The average molecular weight is 675 g/mol. The standard InChI is InChI=1S/C50H30N2O/c53-49-36-18-2-1-13-30(36)38-27-29(51-44-23-11-6-16-33(44)34-17-7-12-24-45(34)51)28-39-35-25-26-43-46(48(35)52(49)47(38)39)37-19-5-10-22-42(37)50(43)40-20-8-3-14-31(40)32-15-4-9-21-41(32)50/h1-11,13-23,25-28H,12,24H2. The summed E-state index contributed by atoms with van der Waals surface area (Å²) >= 11 is 0. The summed E-state index contributed by atoms with van der Waals surface area (Å²) in [6, 6.07) is 53.1. The first-order chi connectivity index (χ1) is 26.2. The third-order valence-electron chi connectivity index (χ3n) is 12.7. The lowest BCUT2D eigenvalue weighted by atomic mass is 9.70. The van der Waals surface area contributed by atoms with Crippen LogP contribution in [0, 0.1) is 0 Å². The van der Waals surface area contributed by atoms with Crippen molar-refractivity contribution >= 4 is 54.9 Å². The van der Waals surface area contributed by atoms with Crippen LogP contribution < -0.4 is 5.56 Å². The van der Waals surface area contributed by atoms with Gasteiger partial charge >= 0.3 is 0 Å². The van der Waals surface area contributed by atoms with Crippen LogP contribution in [0.4, 0.5) is 0 Å². The molecule has 7 aromatic carbocycles. The molecular weight excluding hydrogens is 645 g/mol. The Labute approximate surface area is 304 Å². The molecule has 0 atom stereocenters. The number of nitrogens with zero attached hydrogens (tertiary/aromatic N) is 2. The largest absolute Gasteiger partial charge is 0.313 e. The molecule has 0 unspecified atom stereocenters. The van der Waals surface area contributed by atoms with Crippen molar-refractivity contribution in [3.05, 3.63) is 196 Å². The number of fused-ring (bicyclic) bond motifs is 19. The number of para-hydroxylation sites is 1. The normalized spacial score (nSPS) is 14.8. The quantitative estimate of drug-likeness (QED) is 0.159. The monoisotopic (exact) mass is 674 g/mol. The summed E-state index contributed by atoms with van der Waals surface area (Å²) < 4.78 is 4.55. The number of hydrogen-bond donors (Lipinski definition) is 0. The van der Waals surface area contributed by atoms with E-state index in [1.807, 2.05) is 12.1 Å². The van der Waals surface area contributed by atoms with Gasteiger partial charge in [-0.25, -0.2) is 0 Å². The van der Waals surface area contributed by atoms with Crippen molar-refractivity contribution in [3.8, 4) is 27.9 Å². The average Bonchev–Trinajstić information content (AvgIpc) is 3.92. The minimum atomic E-state index is -0.482. The van der Waals surface area contributed by atoms with Gasteiger partial charge in [0.05, 0.1) is 22.0 Å². The minimum absolute atomic E-state index is 0.0360. The molecule has 10 aromatic rings. The molecule has 3 aromatic heterocycles. The van der Waals surface area contributed by atoms with Gasteiger partial charge in [-0.05, 0) is 81.4 Å². The lowest BCUT2D eigenvalue weighted by Gasteiger charge is -2.30. The molecule has 1 spiro atoms. The molecule has 3 heteroatoms. The van der Waals surface area contributed by atoms with Gasteiger partial charge in [-0.2, -0.15) is 0 Å². The van der Waals surface area contributed by atoms with Gasteiger partial charge in [0, 0.05) is 49.4 Å². The van der Waals surface area contributed by atoms with E-state index in [-0.39, 0.29) is 5.56 Å². The molecule has 0 bridgehead atoms. The maximum atomic E-state index is 15.0. The molecule has 0 amide bonds. The second-order valence-electron chi connectivity index (χ2n) is 15.0. The van der Waals surface area contributed by atoms with Gasteiger partial charge in [0.25, 0.3) is 5.56 Å². The van der Waals surface area contributed by atoms with E-state index in [4.69, 9.17) is 0 Å². The molecule has 0 saturated carbocycles. The molecule has 3 heterocycles. The Kier molecular flexibility index (Phi) is 5.05. The molecule has 3 nitrogen and oxygen atoms in total. The summed E-state index contributed by atoms with van der Waals surface area (Å²) in [6.07, 6.45) is 6.61. The van der Waals surface area contributed by atoms with E-state index in [0.717, 1.165) is 62.1 Å². The van der Waals surface area contributed by atoms with Crippen LogP contribution in [-0.2, 0) is 11.8 Å². The fourth-order valence-corrected chi connectivity index (χ4v) is 10.8. The number of aromatic nitrogens is 2. The highest BCUT2D eigenvalue weighted by Gasteiger charge is 2.52. The van der Waals surface area contributed by atoms with E-state index < -0.39 is 5.41 Å². The summed E-state index contributed by atoms with van der Waals surface area (Å²) in [5.74, 6) is 0. The predicted molar refractivity (Wildman–Crippen MR) is 218 cm³/mol. The molecule has 0 N–H and O–H groups in total. The predicted octanol–water partition coefficient (Wildman–Crippen LogP) is 11.4. The number of allylic oxidation sites excluding steroid dienone is 1. The topological polar surface area (TPSA) is 26.4 Å². The molecular formula is C50H30N2O. The second kappa shape index (κ2) is 9.58. The van der Waals surface area contributed by atoms with Crippen molar-refractivity contribution in [1.82, 2.24) is 8.97 Å². The zero-order valence-corrected chi connectivity index (χ0v) is 28.7. The summed E-state index contributed by atoms with van der Waals surface area (Å²) in [4.78, 5) is 15.0. The maximum Gasteiger partial charge on any atom is 0.263 e. The Morgan fingerprint density at radius 1 is 0.509 bits per heavy atom. The van der Waals surface area contributed by atoms with Gasteiger partial charge in [-0.1, -0.05) is 133 Å². The van der Waals surface area contributed by atoms with Crippen LogP contribution in [0.2, 0.25) is 0 Å². The minimum Gasteiger partial charge on any atom is -0.313 e. The summed E-state index contributed by atoms with van der Waals surface area (Å²) in [5, 5.41) is 6.35. The number of pyridine rings is 1. The van der Waals surface area contributed by atoms with Crippen LogP contribution in [0.1, 0.15) is 39.9 Å². The number of benzene rings is 7. The fourth-order valence-electron chi connectivity index (χ4n) is 10.8. The van der Waals surface area contributed by atoms with Crippen LogP contribution in [0.5, 0.6) is 0 Å². The highest BCUT2D eigenvalue weighted by molar-refractivity contribution is 6.24. The van der Waals surface area contributed by atoms with Crippen molar-refractivity contribution in [2.45, 2.75) is 18.3 Å². The third kappa shape index (κ3) is 3.14. The third-order valence-corrected chi connectivity index (χ3v) is 12.7. The molecule has 0 aliphatic heterocycles. The SMILES string of the molecule is O=c1c2ccccc2c2cc(-n3c4c(c5ccccc53)C=CCC4)cc3c4ccc5c(c4n1c23)-c1ccccc1C51c2ccccc2-c2ccccc21. The van der Waals surface area contributed by atoms with Crippen molar-refractivity contribution in [1.29, 1.82) is 0 Å². The van der Waals surface area contributed by atoms with Crippen LogP contribution >= 0.6 is 0 Å². The summed E-state index contributed by atoms with van der Waals surface area (Å²) in [6.45, 7) is 0. The lowest BCUT2D eigenvalue weighted by molar-refractivity contribution is 0.794. The Balaban J connectivity index is 1.24. The first kappa shape index (κ1) is 27.9. The second-order valence-corrected chi connectivity index (χ2v) is 15.0. The highest BCUT2D eigenvalue weighted by atomic mass is 16.1. The molecule has 13 rings (SSSR count). The van der Waals surface area contributed by atoms with E-state index in [2.05, 4.69) is 155 Å². The van der Waals surface area contributed by atoms with Gasteiger partial charge in [0.1, 0.15) is 0 Å². The smallest absolute Gasteiger partial charge is 0.263 e. The van der Waals surface area contributed by atoms with Gasteiger partial charge in [0.2, 0.25) is 0 Å². The molecule has 53 heavy (non-hydrogen) atoms. The van der Waals surface area contributed by atoms with E-state index in [1.165, 1.54) is 61.1 Å². The van der Waals surface area contributed by atoms with Crippen LogP contribution in [0.3, 0.4) is 0 Å². The molecule has 0 saturated heterocycles. The van der Waals surface area contributed by atoms with Crippen molar-refractivity contribution < 1.29 is 0 Å². The number of rotatable bonds is 1. The first-order valence-corrected chi connectivity index (χ1v) is 18.6. The van der Waals surface area contributed by atoms with Gasteiger partial charge in [-0.3, -0.25) is 9.20 Å². The zero-order chi connectivity index (χ0) is 34.6. The van der Waals surface area contributed by atoms with E-state index in [1.54, 1.807) is 0 Å². The van der Waals surface area contributed by atoms with Gasteiger partial charge < -0.3 is 4.57 Å². The van der Waals surface area contributed by atoms with Crippen LogP contribution in [0.15, 0.2) is 156 Å². The van der Waals surface area contributed by atoms with Crippen molar-refractivity contribution in [2.75, 3.05) is 0 Å². The van der Waals surface area contributed by atoms with Crippen molar-refractivity contribution in [2.24, 2.45) is 0 Å². The lowest BCUT2D eigenvalue weighted by Crippen LogP contribution is -2.25. The maximum absolute atomic E-state index is 15.0. The Bertz CT molecular complexity index is 3330. The molecule has 0 radical (unpaired) electrons. The van der Waals surface area contributed by atoms with Crippen LogP contribution in [-0.4, -0.2) is 8.97 Å². The number of hydrogen-bond acceptors (Lipinski definition) is 1. The van der Waals surface area contributed by atoms with E-state index in [9.17, 15) is 0 Å². The molecule has 3 aliphatic carbocycles. The van der Waals surface area contributed by atoms with Gasteiger partial charge in [0.15, 0.2) is 0 Å². The Hall–Kier alpha value is -6.71. The summed E-state index contributed by atoms with van der Waals surface area (Å²) in [5.41, 5.74) is 16.6. The Morgan fingerprint density at radius 2 is 1.11 bits per heavy atom. The molecule has 3 aliphatic rings. The Morgan fingerprint density at radius 3 is 1.87 bits per heavy atom. The van der Waals surface area contributed by atoms with E-state index >= 15 is 4.79 Å². The van der Waals surface area contributed by atoms with Gasteiger partial charge in [-0.15, -0.1) is 0 Å². The molecule has 246 valence electrons. The van der Waals surface area contributed by atoms with E-state index in [0.29, 0.717) is 0 Å². The fraction of sp³-hybridized carbons (Fsp3) is 0.0600. The zero-order valence-electron chi connectivity index (χ0n) is 28.7. The first-order valence-electron chi connectivity index (χ1n) is 18.6. The molecule has 0 fully saturated rings. The highest BCUT2D eigenvalue weighted by Crippen LogP contribution is 2.64. The van der Waals surface area contributed by atoms with Crippen molar-refractivity contribution in [3.63, 3.8) is 0 Å².